The summed E-state index contributed by atoms with van der Waals surface area (Å²) in [6.45, 7) is 14.8. The quantitative estimate of drug-likeness (QED) is 0.124. The first-order valence-corrected chi connectivity index (χ1v) is 18.1. The number of anilines is 1. The van der Waals surface area contributed by atoms with Gasteiger partial charge in [-0.2, -0.15) is 0 Å². The smallest absolute Gasteiger partial charge is 0.312 e. The first-order valence-electron chi connectivity index (χ1n) is 18.1. The highest BCUT2D eigenvalue weighted by Crippen LogP contribution is 2.55. The molecule has 296 valence electrons. The van der Waals surface area contributed by atoms with E-state index < -0.39 is 88.8 Å². The van der Waals surface area contributed by atoms with Gasteiger partial charge >= 0.3 is 11.8 Å². The predicted octanol–water partition coefficient (Wildman–Crippen LogP) is 4.86. The number of Topliss-reactive ketones (excluding diaryl/α,β-unsaturated/α-hetero) is 1. The standard InChI is InChI=1S/C40H54N2O12/c1-11-41-17-25-30-35(48)28-27(34(25)47)29-37(23(7)33(28)46)54-40(9,38(29)49)52-16-15-26(51-10)20(4)36(53-24(8)43)22(6)32(45)21(5)31(44)18(2)13-12-14-19(3)39(50)42-30/h12-16,18,20-22,26,31-32,36,41,44-48H,11,17H2,1-10H3,(H,42,50)/b13-12+,16-15+,19-14-/t18-,20-,21+,22-,26-,31-,32+,36+,40-/m0/s1. The van der Waals surface area contributed by atoms with Crippen LogP contribution < -0.4 is 15.4 Å². The predicted molar refractivity (Wildman–Crippen MR) is 201 cm³/mol. The van der Waals surface area contributed by atoms with Crippen molar-refractivity contribution >= 4 is 34.1 Å². The fourth-order valence-corrected chi connectivity index (χ4v) is 7.21. The van der Waals surface area contributed by atoms with E-state index in [0.717, 1.165) is 0 Å². The second-order valence-electron chi connectivity index (χ2n) is 14.5. The molecule has 0 aromatic heterocycles. The Hall–Kier alpha value is -4.63. The second kappa shape index (κ2) is 16.8. The van der Waals surface area contributed by atoms with Crippen molar-refractivity contribution in [3.63, 3.8) is 0 Å². The van der Waals surface area contributed by atoms with Crippen molar-refractivity contribution in [2.45, 2.75) is 99.1 Å². The van der Waals surface area contributed by atoms with E-state index in [1.165, 1.54) is 53.2 Å². The number of methoxy groups -OCH3 is 1. The number of aliphatic hydroxyl groups excluding tert-OH is 2. The number of phenolic OH excluding ortho intramolecular Hbond substituents is 3. The number of rotatable bonds is 5. The molecule has 5 rings (SSSR count). The molecule has 0 unspecified atom stereocenters. The number of carbonyl (C=O) groups excluding carboxylic acids is 3. The lowest BCUT2D eigenvalue weighted by molar-refractivity contribution is -0.160. The lowest BCUT2D eigenvalue weighted by Crippen LogP contribution is -2.46. The van der Waals surface area contributed by atoms with Crippen LogP contribution in [0.2, 0.25) is 0 Å². The molecule has 2 aromatic rings. The third kappa shape index (κ3) is 7.92. The lowest BCUT2D eigenvalue weighted by Gasteiger charge is -2.38. The van der Waals surface area contributed by atoms with Crippen molar-refractivity contribution in [3.8, 4) is 23.0 Å². The maximum atomic E-state index is 14.2. The first kappa shape index (κ1) is 42.1. The molecule has 0 spiro atoms. The van der Waals surface area contributed by atoms with E-state index >= 15 is 0 Å². The highest BCUT2D eigenvalue weighted by molar-refractivity contribution is 6.22. The van der Waals surface area contributed by atoms with E-state index in [1.807, 2.05) is 6.92 Å². The molecule has 0 radical (unpaired) electrons. The summed E-state index contributed by atoms with van der Waals surface area (Å²) in [5.74, 6) is -7.99. The van der Waals surface area contributed by atoms with E-state index in [1.54, 1.807) is 39.8 Å². The molecule has 0 saturated heterocycles. The summed E-state index contributed by atoms with van der Waals surface area (Å²) in [4.78, 5) is 40.0. The Balaban J connectivity index is 1.95. The van der Waals surface area contributed by atoms with Gasteiger partial charge < -0.3 is 55.1 Å². The number of phenols is 3. The summed E-state index contributed by atoms with van der Waals surface area (Å²) in [7, 11) is 1.44. The van der Waals surface area contributed by atoms with Gasteiger partial charge in [0, 0.05) is 73.3 Å². The Kier molecular flexibility index (Phi) is 13.1. The number of nitrogens with one attached hydrogen (secondary N) is 2. The zero-order chi connectivity index (χ0) is 40.4. The summed E-state index contributed by atoms with van der Waals surface area (Å²) < 4.78 is 23.4. The molecule has 2 aromatic carbocycles. The SMILES string of the molecule is CCNCc1c2c(O)c3c(O)c(C)c4c(c3c1O)C(=O)[C@@](C)(O/C=C/[C@H](OC)[C@H](C)[C@@H](OC(C)=O)[C@@H](C)[C@H](O)[C@H](C)[C@@H](O)[C@@H](C)/C=C/C=C(/C)C(=O)N2)O4. The second-order valence-corrected chi connectivity index (χ2v) is 14.5. The van der Waals surface area contributed by atoms with Crippen LogP contribution in [-0.4, -0.2) is 87.0 Å². The maximum absolute atomic E-state index is 14.2. The van der Waals surface area contributed by atoms with Gasteiger partial charge in [0.1, 0.15) is 23.4 Å². The number of esters is 1. The van der Waals surface area contributed by atoms with Crippen molar-refractivity contribution in [1.29, 1.82) is 0 Å². The number of ether oxygens (including phenoxy) is 4. The largest absolute Gasteiger partial charge is 0.507 e. The topological polar surface area (TPSA) is 213 Å². The van der Waals surface area contributed by atoms with E-state index in [2.05, 4.69) is 10.6 Å². The monoisotopic (exact) mass is 754 g/mol. The Bertz CT molecular complexity index is 1870. The van der Waals surface area contributed by atoms with Gasteiger partial charge in [-0.15, -0.1) is 0 Å². The van der Waals surface area contributed by atoms with E-state index in [9.17, 15) is 39.9 Å². The third-order valence-corrected chi connectivity index (χ3v) is 10.6. The Morgan fingerprint density at radius 3 is 2.24 bits per heavy atom. The number of allylic oxidation sites excluding steroid dienone is 2. The van der Waals surface area contributed by atoms with Gasteiger partial charge in [0.05, 0.1) is 41.2 Å². The molecule has 5 bridgehead atoms. The molecule has 14 heteroatoms. The van der Waals surface area contributed by atoms with Crippen LogP contribution in [0, 0.1) is 30.6 Å². The number of carbonyl (C=O) groups is 3. The number of aliphatic hydroxyl groups is 2. The zero-order valence-electron chi connectivity index (χ0n) is 32.5. The third-order valence-electron chi connectivity index (χ3n) is 10.6. The number of fused-ring (bicyclic) bond motifs is 14. The minimum absolute atomic E-state index is 0.0396. The van der Waals surface area contributed by atoms with Gasteiger partial charge in [-0.05, 0) is 26.5 Å². The molecule has 3 aliphatic rings. The highest BCUT2D eigenvalue weighted by Gasteiger charge is 2.50. The molecule has 3 heterocycles. The van der Waals surface area contributed by atoms with Crippen LogP contribution in [0.1, 0.15) is 76.9 Å². The molecular formula is C40H54N2O12. The number of hydrogen-bond donors (Lipinski definition) is 7. The van der Waals surface area contributed by atoms with Gasteiger partial charge in [-0.1, -0.05) is 52.8 Å². The minimum Gasteiger partial charge on any atom is -0.507 e. The van der Waals surface area contributed by atoms with Crippen molar-refractivity contribution in [3.05, 3.63) is 52.8 Å². The molecule has 0 saturated carbocycles. The fourth-order valence-electron chi connectivity index (χ4n) is 7.21. The Morgan fingerprint density at radius 2 is 1.63 bits per heavy atom. The van der Waals surface area contributed by atoms with Crippen LogP contribution in [0.5, 0.6) is 23.0 Å². The van der Waals surface area contributed by atoms with Gasteiger partial charge in [-0.3, -0.25) is 14.4 Å². The Morgan fingerprint density at radius 1 is 0.963 bits per heavy atom. The summed E-state index contributed by atoms with van der Waals surface area (Å²) in [6.07, 6.45) is 3.64. The average Bonchev–Trinajstić information content (AvgIpc) is 3.39. The van der Waals surface area contributed by atoms with Crippen molar-refractivity contribution in [2.75, 3.05) is 19.0 Å². The number of aromatic hydroxyl groups is 3. The Labute approximate surface area is 315 Å². The fraction of sp³-hybridized carbons (Fsp3) is 0.525. The number of hydrogen-bond acceptors (Lipinski definition) is 13. The molecule has 1 amide bonds. The first-order chi connectivity index (χ1) is 25.3. The average molecular weight is 755 g/mol. The molecule has 3 aliphatic heterocycles. The van der Waals surface area contributed by atoms with Crippen LogP contribution in [-0.2, 0) is 30.3 Å². The summed E-state index contributed by atoms with van der Waals surface area (Å²) in [6, 6.07) is 0. The van der Waals surface area contributed by atoms with Gasteiger partial charge in [0.25, 0.3) is 11.7 Å². The number of amides is 1. The van der Waals surface area contributed by atoms with Gasteiger partial charge in [0.15, 0.2) is 5.75 Å². The van der Waals surface area contributed by atoms with Crippen molar-refractivity contribution in [2.24, 2.45) is 23.7 Å². The minimum atomic E-state index is -2.01. The molecular weight excluding hydrogens is 700 g/mol. The maximum Gasteiger partial charge on any atom is 0.312 e. The lowest BCUT2D eigenvalue weighted by atomic mass is 9.78. The molecule has 54 heavy (non-hydrogen) atoms. The number of benzene rings is 2. The van der Waals surface area contributed by atoms with E-state index in [0.29, 0.717) is 6.54 Å². The normalized spacial score (nSPS) is 31.7. The number of ketones is 1. The molecule has 7 N–H and O–H groups in total. The van der Waals surface area contributed by atoms with Crippen LogP contribution >= 0.6 is 0 Å². The van der Waals surface area contributed by atoms with Gasteiger partial charge in [-0.25, -0.2) is 0 Å². The van der Waals surface area contributed by atoms with Crippen molar-refractivity contribution < 1.29 is 58.9 Å². The van der Waals surface area contributed by atoms with E-state index in [-0.39, 0.29) is 51.0 Å². The zero-order valence-corrected chi connectivity index (χ0v) is 32.5. The summed E-state index contributed by atoms with van der Waals surface area (Å²) in [5.41, 5.74) is 0.00876. The van der Waals surface area contributed by atoms with Crippen LogP contribution in [0.15, 0.2) is 36.1 Å². The molecule has 0 aliphatic carbocycles. The molecule has 9 atom stereocenters. The van der Waals surface area contributed by atoms with Crippen LogP contribution in [0.3, 0.4) is 0 Å². The van der Waals surface area contributed by atoms with Gasteiger partial charge in [0.2, 0.25) is 0 Å². The summed E-state index contributed by atoms with van der Waals surface area (Å²) in [5, 5.41) is 62.9. The highest BCUT2D eigenvalue weighted by atomic mass is 16.7. The molecule has 14 nitrogen and oxygen atoms in total. The summed E-state index contributed by atoms with van der Waals surface area (Å²) >= 11 is 0. The van der Waals surface area contributed by atoms with E-state index in [4.69, 9.17) is 18.9 Å². The van der Waals surface area contributed by atoms with Crippen LogP contribution in [0.25, 0.3) is 10.8 Å². The van der Waals surface area contributed by atoms with Crippen LogP contribution in [0.4, 0.5) is 5.69 Å². The molecule has 0 fully saturated rings. The van der Waals surface area contributed by atoms with Crippen molar-refractivity contribution in [1.82, 2.24) is 5.32 Å².